The maximum absolute atomic E-state index is 10.7. The molecule has 1 saturated carbocycles. The van der Waals surface area contributed by atoms with Crippen molar-refractivity contribution in [1.82, 2.24) is 0 Å². The van der Waals surface area contributed by atoms with Gasteiger partial charge in [-0.2, -0.15) is 0 Å². The van der Waals surface area contributed by atoms with Gasteiger partial charge in [0, 0.05) is 0 Å². The monoisotopic (exact) mass is 346 g/mol. The Morgan fingerprint density at radius 3 is 2.32 bits per heavy atom. The van der Waals surface area contributed by atoms with Crippen molar-refractivity contribution in [1.29, 1.82) is 0 Å². The molecule has 2 nitrogen and oxygen atoms in total. The van der Waals surface area contributed by atoms with E-state index in [4.69, 9.17) is 4.74 Å². The second kappa shape index (κ2) is 11.0. The predicted molar refractivity (Wildman–Crippen MR) is 105 cm³/mol. The van der Waals surface area contributed by atoms with Crippen LogP contribution in [0.1, 0.15) is 77.7 Å². The number of benzene rings is 1. The van der Waals surface area contributed by atoms with Crippen LogP contribution in [0, 0.1) is 17.8 Å². The fourth-order valence-electron chi connectivity index (χ4n) is 4.30. The molecule has 142 valence electrons. The molecule has 0 heterocycles. The van der Waals surface area contributed by atoms with Crippen LogP contribution < -0.4 is 0 Å². The number of aliphatic hydroxyl groups is 1. The fourth-order valence-corrected chi connectivity index (χ4v) is 4.30. The van der Waals surface area contributed by atoms with Crippen LogP contribution >= 0.6 is 0 Å². The summed E-state index contributed by atoms with van der Waals surface area (Å²) in [6, 6.07) is 10.4. The molecule has 0 spiro atoms. The molecule has 0 saturated heterocycles. The summed E-state index contributed by atoms with van der Waals surface area (Å²) in [6.07, 6.45) is 9.30. The van der Waals surface area contributed by atoms with Crippen LogP contribution in [0.15, 0.2) is 30.3 Å². The summed E-state index contributed by atoms with van der Waals surface area (Å²) in [7, 11) is 0. The molecule has 2 rings (SSSR count). The highest BCUT2D eigenvalue weighted by molar-refractivity contribution is 5.13. The Balaban J connectivity index is 1.93. The normalized spacial score (nSPS) is 19.7. The van der Waals surface area contributed by atoms with Gasteiger partial charge < -0.3 is 9.84 Å². The van der Waals surface area contributed by atoms with Crippen molar-refractivity contribution in [2.24, 2.45) is 17.8 Å². The lowest BCUT2D eigenvalue weighted by Crippen LogP contribution is -2.31. The Morgan fingerprint density at radius 2 is 1.72 bits per heavy atom. The van der Waals surface area contributed by atoms with Crippen molar-refractivity contribution in [3.05, 3.63) is 35.9 Å². The molecule has 3 unspecified atom stereocenters. The van der Waals surface area contributed by atoms with Gasteiger partial charge in [0.1, 0.15) is 0 Å². The van der Waals surface area contributed by atoms with Crippen molar-refractivity contribution in [3.8, 4) is 0 Å². The maximum atomic E-state index is 10.7. The SMILES string of the molecule is CCC(CC(O)CC(OCc1ccccc1)C1CCCCC1)C(C)C. The fraction of sp³-hybridized carbons (Fsp3) is 0.739. The summed E-state index contributed by atoms with van der Waals surface area (Å²) in [5.41, 5.74) is 1.23. The average Bonchev–Trinajstić information content (AvgIpc) is 2.64. The Hall–Kier alpha value is -0.860. The lowest BCUT2D eigenvalue weighted by molar-refractivity contribution is -0.0430. The molecule has 1 aliphatic carbocycles. The van der Waals surface area contributed by atoms with E-state index in [9.17, 15) is 5.11 Å². The molecule has 0 aliphatic heterocycles. The van der Waals surface area contributed by atoms with E-state index in [0.717, 1.165) is 19.3 Å². The Morgan fingerprint density at radius 1 is 1.04 bits per heavy atom. The van der Waals surface area contributed by atoms with E-state index in [-0.39, 0.29) is 12.2 Å². The third-order valence-corrected chi connectivity index (χ3v) is 6.03. The van der Waals surface area contributed by atoms with E-state index in [0.29, 0.717) is 24.4 Å². The third-order valence-electron chi connectivity index (χ3n) is 6.03. The number of ether oxygens (including phenoxy) is 1. The van der Waals surface area contributed by atoms with Gasteiger partial charge in [0.25, 0.3) is 0 Å². The molecule has 1 aromatic rings. The molecule has 1 aromatic carbocycles. The number of hydrogen-bond donors (Lipinski definition) is 1. The molecular formula is C23H38O2. The van der Waals surface area contributed by atoms with Crippen molar-refractivity contribution < 1.29 is 9.84 Å². The predicted octanol–water partition coefficient (Wildman–Crippen LogP) is 5.98. The van der Waals surface area contributed by atoms with Crippen molar-refractivity contribution in [3.63, 3.8) is 0 Å². The first-order valence-electron chi connectivity index (χ1n) is 10.4. The zero-order chi connectivity index (χ0) is 18.1. The standard InChI is InChI=1S/C23H38O2/c1-4-20(18(2)3)15-22(24)16-23(21-13-9-6-10-14-21)25-17-19-11-7-5-8-12-19/h5,7-8,11-12,18,20-24H,4,6,9-10,13-17H2,1-3H3. The van der Waals surface area contributed by atoms with Gasteiger partial charge in [-0.15, -0.1) is 0 Å². The van der Waals surface area contributed by atoms with Crippen molar-refractivity contribution in [2.75, 3.05) is 0 Å². The molecule has 1 N–H and O–H groups in total. The molecule has 0 aromatic heterocycles. The Bertz CT molecular complexity index is 450. The van der Waals surface area contributed by atoms with Crippen LogP contribution in [0.2, 0.25) is 0 Å². The quantitative estimate of drug-likeness (QED) is 0.565. The van der Waals surface area contributed by atoms with Gasteiger partial charge in [-0.25, -0.2) is 0 Å². The highest BCUT2D eigenvalue weighted by Crippen LogP contribution is 2.32. The van der Waals surface area contributed by atoms with Gasteiger partial charge in [-0.05, 0) is 49.0 Å². The summed E-state index contributed by atoms with van der Waals surface area (Å²) in [6.45, 7) is 7.44. The van der Waals surface area contributed by atoms with Gasteiger partial charge >= 0.3 is 0 Å². The van der Waals surface area contributed by atoms with Gasteiger partial charge in [0.05, 0.1) is 18.8 Å². The molecule has 3 atom stereocenters. The highest BCUT2D eigenvalue weighted by atomic mass is 16.5. The molecule has 25 heavy (non-hydrogen) atoms. The average molecular weight is 347 g/mol. The van der Waals surface area contributed by atoms with Crippen molar-refractivity contribution >= 4 is 0 Å². The molecule has 0 amide bonds. The summed E-state index contributed by atoms with van der Waals surface area (Å²) >= 11 is 0. The summed E-state index contributed by atoms with van der Waals surface area (Å²) in [4.78, 5) is 0. The zero-order valence-corrected chi connectivity index (χ0v) is 16.5. The first-order valence-corrected chi connectivity index (χ1v) is 10.4. The largest absolute Gasteiger partial charge is 0.393 e. The van der Waals surface area contributed by atoms with Crippen LogP contribution in [-0.4, -0.2) is 17.3 Å². The van der Waals surface area contributed by atoms with E-state index < -0.39 is 0 Å². The van der Waals surface area contributed by atoms with E-state index in [1.807, 2.05) is 6.07 Å². The topological polar surface area (TPSA) is 29.5 Å². The number of aliphatic hydroxyl groups excluding tert-OH is 1. The second-order valence-electron chi connectivity index (χ2n) is 8.27. The minimum Gasteiger partial charge on any atom is -0.393 e. The van der Waals surface area contributed by atoms with Crippen molar-refractivity contribution in [2.45, 2.75) is 91.0 Å². The number of hydrogen-bond acceptors (Lipinski definition) is 2. The first kappa shape index (κ1) is 20.5. The lowest BCUT2D eigenvalue weighted by Gasteiger charge is -2.33. The molecular weight excluding hydrogens is 308 g/mol. The number of rotatable bonds is 10. The molecule has 0 bridgehead atoms. The second-order valence-corrected chi connectivity index (χ2v) is 8.27. The van der Waals surface area contributed by atoms with E-state index in [1.54, 1.807) is 0 Å². The maximum Gasteiger partial charge on any atom is 0.0720 e. The summed E-state index contributed by atoms with van der Waals surface area (Å²) in [5.74, 6) is 1.86. The van der Waals surface area contributed by atoms with Crippen LogP contribution in [-0.2, 0) is 11.3 Å². The third kappa shape index (κ3) is 7.11. The van der Waals surface area contributed by atoms with E-state index in [2.05, 4.69) is 45.0 Å². The Labute approximate surface area is 155 Å². The molecule has 0 radical (unpaired) electrons. The molecule has 1 fully saturated rings. The summed E-state index contributed by atoms with van der Waals surface area (Å²) < 4.78 is 6.35. The van der Waals surface area contributed by atoms with Crippen LogP contribution in [0.4, 0.5) is 0 Å². The smallest absolute Gasteiger partial charge is 0.0720 e. The van der Waals surface area contributed by atoms with Crippen LogP contribution in [0.25, 0.3) is 0 Å². The first-order chi connectivity index (χ1) is 12.1. The zero-order valence-electron chi connectivity index (χ0n) is 16.5. The van der Waals surface area contributed by atoms with E-state index >= 15 is 0 Å². The Kier molecular flexibility index (Phi) is 8.98. The van der Waals surface area contributed by atoms with Crippen LogP contribution in [0.5, 0.6) is 0 Å². The van der Waals surface area contributed by atoms with Crippen LogP contribution in [0.3, 0.4) is 0 Å². The van der Waals surface area contributed by atoms with Gasteiger partial charge in [0.2, 0.25) is 0 Å². The summed E-state index contributed by atoms with van der Waals surface area (Å²) in [5, 5.41) is 10.7. The van der Waals surface area contributed by atoms with E-state index in [1.165, 1.54) is 37.7 Å². The minimum absolute atomic E-state index is 0.195. The van der Waals surface area contributed by atoms with Gasteiger partial charge in [0.15, 0.2) is 0 Å². The lowest BCUT2D eigenvalue weighted by atomic mass is 9.81. The molecule has 1 aliphatic rings. The molecule has 2 heteroatoms. The van der Waals surface area contributed by atoms with Gasteiger partial charge in [-0.3, -0.25) is 0 Å². The minimum atomic E-state index is -0.241. The van der Waals surface area contributed by atoms with Gasteiger partial charge in [-0.1, -0.05) is 76.8 Å². The highest BCUT2D eigenvalue weighted by Gasteiger charge is 2.28.